The minimum Gasteiger partial charge on any atom is -0.396 e. The number of benzene rings is 1. The third kappa shape index (κ3) is 3.39. The molecular formula is C15H23N5O. The van der Waals surface area contributed by atoms with Gasteiger partial charge in [0.05, 0.1) is 12.3 Å². The van der Waals surface area contributed by atoms with Gasteiger partial charge in [0.25, 0.3) is 0 Å². The normalized spacial score (nSPS) is 11.6. The van der Waals surface area contributed by atoms with Gasteiger partial charge in [-0.3, -0.25) is 0 Å². The summed E-state index contributed by atoms with van der Waals surface area (Å²) in [6.45, 7) is 7.03. The lowest BCUT2D eigenvalue weighted by Gasteiger charge is -2.30. The fourth-order valence-corrected chi connectivity index (χ4v) is 2.29. The average molecular weight is 289 g/mol. The Morgan fingerprint density at radius 2 is 2.05 bits per heavy atom. The second kappa shape index (κ2) is 6.67. The zero-order valence-electron chi connectivity index (χ0n) is 12.9. The molecule has 0 atom stereocenters. The molecule has 0 saturated carbocycles. The molecule has 21 heavy (non-hydrogen) atoms. The average Bonchev–Trinajstić information content (AvgIpc) is 2.96. The number of hydrogen-bond donors (Lipinski definition) is 2. The van der Waals surface area contributed by atoms with Crippen LogP contribution in [0.3, 0.4) is 0 Å². The molecular weight excluding hydrogens is 266 g/mol. The first-order valence-electron chi connectivity index (χ1n) is 7.34. The number of rotatable bonds is 7. The van der Waals surface area contributed by atoms with Gasteiger partial charge >= 0.3 is 0 Å². The van der Waals surface area contributed by atoms with Crippen molar-refractivity contribution in [3.8, 4) is 5.69 Å². The van der Waals surface area contributed by atoms with E-state index >= 15 is 0 Å². The molecule has 0 aliphatic heterocycles. The van der Waals surface area contributed by atoms with Crippen molar-refractivity contribution in [3.05, 3.63) is 30.1 Å². The Hall–Kier alpha value is -1.95. The Kier molecular flexibility index (Phi) is 4.90. The Morgan fingerprint density at radius 3 is 2.62 bits per heavy atom. The number of aliphatic hydroxyl groups is 1. The van der Waals surface area contributed by atoms with Gasteiger partial charge in [-0.2, -0.15) is 4.68 Å². The summed E-state index contributed by atoms with van der Waals surface area (Å²) in [5, 5.41) is 24.6. The van der Waals surface area contributed by atoms with Gasteiger partial charge in [0.2, 0.25) is 0 Å². The van der Waals surface area contributed by atoms with Crippen molar-refractivity contribution in [3.63, 3.8) is 0 Å². The van der Waals surface area contributed by atoms with E-state index in [1.54, 1.807) is 4.68 Å². The minimum atomic E-state index is -0.0687. The third-order valence-corrected chi connectivity index (χ3v) is 4.22. The highest BCUT2D eigenvalue weighted by atomic mass is 16.3. The van der Waals surface area contributed by atoms with E-state index in [-0.39, 0.29) is 12.0 Å². The zero-order valence-corrected chi connectivity index (χ0v) is 12.9. The van der Waals surface area contributed by atoms with E-state index in [4.69, 9.17) is 0 Å². The van der Waals surface area contributed by atoms with Crippen molar-refractivity contribution < 1.29 is 5.11 Å². The van der Waals surface area contributed by atoms with Crippen LogP contribution in [0.1, 0.15) is 32.5 Å². The molecule has 0 amide bonds. The van der Waals surface area contributed by atoms with Crippen molar-refractivity contribution in [1.82, 2.24) is 20.2 Å². The number of nitrogens with one attached hydrogen (secondary N) is 1. The molecule has 2 aromatic rings. The van der Waals surface area contributed by atoms with Crippen LogP contribution in [-0.2, 0) is 0 Å². The van der Waals surface area contributed by atoms with Crippen molar-refractivity contribution in [1.29, 1.82) is 0 Å². The van der Waals surface area contributed by atoms with E-state index in [1.807, 2.05) is 31.2 Å². The quantitative estimate of drug-likeness (QED) is 0.817. The number of aryl methyl sites for hydroxylation is 1. The van der Waals surface area contributed by atoms with Crippen molar-refractivity contribution >= 4 is 5.69 Å². The van der Waals surface area contributed by atoms with Gasteiger partial charge in [-0.25, -0.2) is 0 Å². The number of hydrogen-bond acceptors (Lipinski definition) is 5. The summed E-state index contributed by atoms with van der Waals surface area (Å²) in [5.74, 6) is 0.749. The number of anilines is 1. The van der Waals surface area contributed by atoms with E-state index in [1.165, 1.54) is 0 Å². The summed E-state index contributed by atoms with van der Waals surface area (Å²) < 4.78 is 1.70. The molecule has 0 fully saturated rings. The highest BCUT2D eigenvalue weighted by Crippen LogP contribution is 2.26. The smallest absolute Gasteiger partial charge is 0.153 e. The van der Waals surface area contributed by atoms with E-state index in [0.717, 1.165) is 36.6 Å². The fourth-order valence-electron chi connectivity index (χ4n) is 2.29. The highest BCUT2D eigenvalue weighted by molar-refractivity contribution is 5.51. The number of aromatic nitrogens is 4. The van der Waals surface area contributed by atoms with E-state index in [0.29, 0.717) is 0 Å². The molecule has 0 unspecified atom stereocenters. The van der Waals surface area contributed by atoms with Crippen LogP contribution in [-0.4, -0.2) is 38.5 Å². The Bertz CT molecular complexity index is 569. The molecule has 6 heteroatoms. The van der Waals surface area contributed by atoms with Crippen LogP contribution in [0.15, 0.2) is 24.3 Å². The first kappa shape index (κ1) is 15.4. The SMILES string of the molecule is CCC(CC)(CO)CNc1cccc(-n2nnnc2C)c1. The van der Waals surface area contributed by atoms with Gasteiger partial charge < -0.3 is 10.4 Å². The molecule has 1 heterocycles. The molecule has 6 nitrogen and oxygen atoms in total. The maximum absolute atomic E-state index is 9.63. The fraction of sp³-hybridized carbons (Fsp3) is 0.533. The third-order valence-electron chi connectivity index (χ3n) is 4.22. The molecule has 1 aromatic carbocycles. The first-order valence-corrected chi connectivity index (χ1v) is 7.34. The van der Waals surface area contributed by atoms with Crippen molar-refractivity contribution in [2.45, 2.75) is 33.6 Å². The topological polar surface area (TPSA) is 75.9 Å². The van der Waals surface area contributed by atoms with E-state index in [9.17, 15) is 5.11 Å². The lowest BCUT2D eigenvalue weighted by Crippen LogP contribution is -2.32. The van der Waals surface area contributed by atoms with E-state index < -0.39 is 0 Å². The summed E-state index contributed by atoms with van der Waals surface area (Å²) >= 11 is 0. The lowest BCUT2D eigenvalue weighted by atomic mass is 9.83. The van der Waals surface area contributed by atoms with Crippen LogP contribution in [0.4, 0.5) is 5.69 Å². The van der Waals surface area contributed by atoms with Crippen LogP contribution in [0.25, 0.3) is 5.69 Å². The summed E-state index contributed by atoms with van der Waals surface area (Å²) in [5.41, 5.74) is 1.85. The number of aliphatic hydroxyl groups excluding tert-OH is 1. The second-order valence-corrected chi connectivity index (χ2v) is 5.41. The predicted molar refractivity (Wildman–Crippen MR) is 82.5 cm³/mol. The molecule has 2 N–H and O–H groups in total. The molecule has 0 spiro atoms. The molecule has 0 aliphatic carbocycles. The molecule has 0 saturated heterocycles. The molecule has 1 aromatic heterocycles. The molecule has 0 bridgehead atoms. The maximum atomic E-state index is 9.63. The predicted octanol–water partition coefficient (Wildman–Crippen LogP) is 2.18. The van der Waals surface area contributed by atoms with Crippen LogP contribution in [0.2, 0.25) is 0 Å². The minimum absolute atomic E-state index is 0.0687. The highest BCUT2D eigenvalue weighted by Gasteiger charge is 2.24. The zero-order chi connectivity index (χ0) is 15.3. The summed E-state index contributed by atoms with van der Waals surface area (Å²) in [4.78, 5) is 0. The van der Waals surface area contributed by atoms with Gasteiger partial charge in [-0.15, -0.1) is 5.10 Å². The summed E-state index contributed by atoms with van der Waals surface area (Å²) in [6.07, 6.45) is 1.89. The van der Waals surface area contributed by atoms with Gasteiger partial charge in [0.15, 0.2) is 5.82 Å². The summed E-state index contributed by atoms with van der Waals surface area (Å²) in [7, 11) is 0. The number of tetrazole rings is 1. The maximum Gasteiger partial charge on any atom is 0.153 e. The molecule has 114 valence electrons. The van der Waals surface area contributed by atoms with Gasteiger partial charge in [-0.05, 0) is 48.4 Å². The second-order valence-electron chi connectivity index (χ2n) is 5.41. The summed E-state index contributed by atoms with van der Waals surface area (Å²) in [6, 6.07) is 7.96. The molecule has 2 rings (SSSR count). The first-order chi connectivity index (χ1) is 10.1. The molecule has 0 aliphatic rings. The van der Waals surface area contributed by atoms with Crippen LogP contribution >= 0.6 is 0 Å². The van der Waals surface area contributed by atoms with Gasteiger partial charge in [0.1, 0.15) is 0 Å². The van der Waals surface area contributed by atoms with E-state index in [2.05, 4.69) is 34.7 Å². The van der Waals surface area contributed by atoms with Gasteiger partial charge in [-0.1, -0.05) is 19.9 Å². The Labute approximate surface area is 125 Å². The van der Waals surface area contributed by atoms with Crippen molar-refractivity contribution in [2.24, 2.45) is 5.41 Å². The largest absolute Gasteiger partial charge is 0.396 e. The van der Waals surface area contributed by atoms with Crippen molar-refractivity contribution in [2.75, 3.05) is 18.5 Å². The standard InChI is InChI=1S/C15H23N5O/c1-4-15(5-2,11-21)10-16-13-7-6-8-14(9-13)20-12(3)17-18-19-20/h6-9,16,21H,4-5,10-11H2,1-3H3. The monoisotopic (exact) mass is 289 g/mol. The number of nitrogens with zero attached hydrogens (tertiary/aromatic N) is 4. The Balaban J connectivity index is 2.14. The van der Waals surface area contributed by atoms with Crippen LogP contribution < -0.4 is 5.32 Å². The lowest BCUT2D eigenvalue weighted by molar-refractivity contribution is 0.127. The van der Waals surface area contributed by atoms with Crippen LogP contribution in [0.5, 0.6) is 0 Å². The molecule has 0 radical (unpaired) electrons. The Morgan fingerprint density at radius 1 is 1.29 bits per heavy atom. The van der Waals surface area contributed by atoms with Gasteiger partial charge in [0, 0.05) is 17.6 Å². The van der Waals surface area contributed by atoms with Crippen LogP contribution in [0, 0.1) is 12.3 Å².